The van der Waals surface area contributed by atoms with Crippen LogP contribution in [-0.2, 0) is 9.84 Å². The van der Waals surface area contributed by atoms with Crippen molar-refractivity contribution in [1.29, 1.82) is 0 Å². The van der Waals surface area contributed by atoms with E-state index in [1.165, 1.54) is 18.2 Å². The number of sulfone groups is 1. The molecule has 0 bridgehead atoms. The Hall–Kier alpha value is -2.08. The number of halogens is 2. The first-order chi connectivity index (χ1) is 9.81. The van der Waals surface area contributed by atoms with Gasteiger partial charge in [-0.25, -0.2) is 17.2 Å². The summed E-state index contributed by atoms with van der Waals surface area (Å²) in [5.74, 6) is -4.22. The normalized spacial score (nSPS) is 11.4. The molecule has 2 aromatic rings. The third kappa shape index (κ3) is 3.33. The van der Waals surface area contributed by atoms with E-state index >= 15 is 0 Å². The average Bonchev–Trinajstić information content (AvgIpc) is 2.37. The van der Waals surface area contributed by atoms with Gasteiger partial charge in [-0.15, -0.1) is 0 Å². The van der Waals surface area contributed by atoms with Crippen molar-refractivity contribution < 1.29 is 22.0 Å². The lowest BCUT2D eigenvalue weighted by Crippen LogP contribution is -2.19. The molecule has 0 aliphatic rings. The van der Waals surface area contributed by atoms with Gasteiger partial charge in [0.25, 0.3) is 0 Å². The Bertz CT molecular complexity index is 778. The van der Waals surface area contributed by atoms with E-state index in [-0.39, 0.29) is 4.90 Å². The second-order valence-electron chi connectivity index (χ2n) is 4.60. The monoisotopic (exact) mass is 310 g/mol. The summed E-state index contributed by atoms with van der Waals surface area (Å²) in [5, 5.41) is 0. The molecular formula is C15H12F2O3S. The molecule has 0 aliphatic carbocycles. The van der Waals surface area contributed by atoms with Gasteiger partial charge < -0.3 is 0 Å². The lowest BCUT2D eigenvalue weighted by molar-refractivity contribution is 0.101. The third-order valence-electron chi connectivity index (χ3n) is 2.91. The van der Waals surface area contributed by atoms with Crippen LogP contribution in [0.4, 0.5) is 8.78 Å². The van der Waals surface area contributed by atoms with Crippen molar-refractivity contribution in [3.05, 3.63) is 65.2 Å². The molecule has 0 saturated carbocycles. The minimum Gasteiger partial charge on any atom is -0.293 e. The van der Waals surface area contributed by atoms with E-state index in [4.69, 9.17) is 0 Å². The van der Waals surface area contributed by atoms with Gasteiger partial charge in [-0.05, 0) is 36.8 Å². The summed E-state index contributed by atoms with van der Waals surface area (Å²) in [6, 6.07) is 8.92. The average molecular weight is 310 g/mol. The quantitative estimate of drug-likeness (QED) is 0.816. The lowest BCUT2D eigenvalue weighted by atomic mass is 10.1. The van der Waals surface area contributed by atoms with Gasteiger partial charge in [0.15, 0.2) is 15.6 Å². The van der Waals surface area contributed by atoms with Crippen molar-refractivity contribution >= 4 is 15.6 Å². The van der Waals surface area contributed by atoms with Crippen LogP contribution in [0.5, 0.6) is 0 Å². The lowest BCUT2D eigenvalue weighted by Gasteiger charge is -2.06. The number of ketones is 1. The number of rotatable bonds is 4. The number of hydrogen-bond donors (Lipinski definition) is 0. The summed E-state index contributed by atoms with van der Waals surface area (Å²) in [6.07, 6.45) is 0. The van der Waals surface area contributed by atoms with E-state index in [9.17, 15) is 22.0 Å². The molecule has 0 unspecified atom stereocenters. The predicted octanol–water partition coefficient (Wildman–Crippen LogP) is 2.93. The Morgan fingerprint density at radius 1 is 1.05 bits per heavy atom. The molecular weight excluding hydrogens is 298 g/mol. The predicted molar refractivity (Wildman–Crippen MR) is 73.9 cm³/mol. The highest BCUT2D eigenvalue weighted by molar-refractivity contribution is 7.92. The van der Waals surface area contributed by atoms with Crippen molar-refractivity contribution in [2.24, 2.45) is 0 Å². The fourth-order valence-electron chi connectivity index (χ4n) is 1.90. The van der Waals surface area contributed by atoms with Gasteiger partial charge in [0.05, 0.1) is 10.5 Å². The zero-order chi connectivity index (χ0) is 15.6. The van der Waals surface area contributed by atoms with Gasteiger partial charge in [-0.1, -0.05) is 18.2 Å². The van der Waals surface area contributed by atoms with Gasteiger partial charge in [-0.3, -0.25) is 4.79 Å². The molecule has 0 fully saturated rings. The first-order valence-corrected chi connectivity index (χ1v) is 7.73. The van der Waals surface area contributed by atoms with E-state index in [0.29, 0.717) is 5.56 Å². The largest absolute Gasteiger partial charge is 0.293 e. The second-order valence-corrected chi connectivity index (χ2v) is 6.59. The summed E-state index contributed by atoms with van der Waals surface area (Å²) in [6.45, 7) is 1.71. The second kappa shape index (κ2) is 5.73. The zero-order valence-electron chi connectivity index (χ0n) is 11.1. The SMILES string of the molecule is Cc1cccc(S(=O)(=O)CC(=O)c2c(F)cccc2F)c1. The first kappa shape index (κ1) is 15.3. The van der Waals surface area contributed by atoms with Crippen LogP contribution >= 0.6 is 0 Å². The van der Waals surface area contributed by atoms with Gasteiger partial charge in [-0.2, -0.15) is 0 Å². The summed E-state index contributed by atoms with van der Waals surface area (Å²) < 4.78 is 51.2. The molecule has 0 spiro atoms. The minimum absolute atomic E-state index is 0.0485. The Kier molecular flexibility index (Phi) is 4.18. The molecule has 0 amide bonds. The fourth-order valence-corrected chi connectivity index (χ4v) is 3.21. The first-order valence-electron chi connectivity index (χ1n) is 6.08. The van der Waals surface area contributed by atoms with Gasteiger partial charge in [0.1, 0.15) is 17.4 Å². The molecule has 0 saturated heterocycles. The van der Waals surface area contributed by atoms with E-state index in [0.717, 1.165) is 18.2 Å². The summed E-state index contributed by atoms with van der Waals surface area (Å²) in [5.41, 5.74) is -0.116. The maximum absolute atomic E-state index is 13.5. The summed E-state index contributed by atoms with van der Waals surface area (Å²) in [4.78, 5) is 11.9. The summed E-state index contributed by atoms with van der Waals surface area (Å²) >= 11 is 0. The van der Waals surface area contributed by atoms with Crippen molar-refractivity contribution in [1.82, 2.24) is 0 Å². The van der Waals surface area contributed by atoms with Gasteiger partial charge in [0.2, 0.25) is 0 Å². The Balaban J connectivity index is 2.35. The van der Waals surface area contributed by atoms with Crippen LogP contribution in [0.3, 0.4) is 0 Å². The summed E-state index contributed by atoms with van der Waals surface area (Å²) in [7, 11) is -3.95. The van der Waals surface area contributed by atoms with Crippen LogP contribution < -0.4 is 0 Å². The molecule has 0 heterocycles. The Labute approximate surface area is 121 Å². The van der Waals surface area contributed by atoms with E-state index in [1.807, 2.05) is 0 Å². The molecule has 0 radical (unpaired) electrons. The number of benzene rings is 2. The minimum atomic E-state index is -3.95. The highest BCUT2D eigenvalue weighted by atomic mass is 32.2. The van der Waals surface area contributed by atoms with Crippen molar-refractivity contribution in [2.75, 3.05) is 5.75 Å². The number of carbonyl (C=O) groups excluding carboxylic acids is 1. The Morgan fingerprint density at radius 3 is 2.19 bits per heavy atom. The molecule has 6 heteroatoms. The van der Waals surface area contributed by atoms with E-state index < -0.39 is 38.6 Å². The van der Waals surface area contributed by atoms with Crippen LogP contribution in [-0.4, -0.2) is 20.0 Å². The molecule has 0 aliphatic heterocycles. The van der Waals surface area contributed by atoms with Crippen LogP contribution in [0.25, 0.3) is 0 Å². The van der Waals surface area contributed by atoms with Crippen molar-refractivity contribution in [2.45, 2.75) is 11.8 Å². The van der Waals surface area contributed by atoms with E-state index in [2.05, 4.69) is 0 Å². The maximum Gasteiger partial charge on any atom is 0.185 e. The van der Waals surface area contributed by atoms with Gasteiger partial charge >= 0.3 is 0 Å². The number of carbonyl (C=O) groups is 1. The van der Waals surface area contributed by atoms with E-state index in [1.54, 1.807) is 13.0 Å². The molecule has 2 rings (SSSR count). The smallest absolute Gasteiger partial charge is 0.185 e. The topological polar surface area (TPSA) is 51.2 Å². The molecule has 2 aromatic carbocycles. The highest BCUT2D eigenvalue weighted by Gasteiger charge is 2.24. The van der Waals surface area contributed by atoms with Crippen LogP contribution in [0.15, 0.2) is 47.4 Å². The standard InChI is InChI=1S/C15H12F2O3S/c1-10-4-2-5-11(8-10)21(19,20)9-14(18)15-12(16)6-3-7-13(15)17/h2-8H,9H2,1H3. The molecule has 3 nitrogen and oxygen atoms in total. The number of hydrogen-bond acceptors (Lipinski definition) is 3. The third-order valence-corrected chi connectivity index (χ3v) is 4.53. The molecule has 0 N–H and O–H groups in total. The molecule has 0 aromatic heterocycles. The zero-order valence-corrected chi connectivity index (χ0v) is 12.0. The van der Waals surface area contributed by atoms with Crippen LogP contribution in [0, 0.1) is 18.6 Å². The maximum atomic E-state index is 13.5. The fraction of sp³-hybridized carbons (Fsp3) is 0.133. The molecule has 21 heavy (non-hydrogen) atoms. The van der Waals surface area contributed by atoms with Crippen LogP contribution in [0.2, 0.25) is 0 Å². The number of Topliss-reactive ketones (excluding diaryl/α,β-unsaturated/α-hetero) is 1. The van der Waals surface area contributed by atoms with Crippen molar-refractivity contribution in [3.63, 3.8) is 0 Å². The van der Waals surface area contributed by atoms with Crippen LogP contribution in [0.1, 0.15) is 15.9 Å². The number of aryl methyl sites for hydroxylation is 1. The Morgan fingerprint density at radius 2 is 1.62 bits per heavy atom. The van der Waals surface area contributed by atoms with Crippen molar-refractivity contribution in [3.8, 4) is 0 Å². The molecule has 110 valence electrons. The highest BCUT2D eigenvalue weighted by Crippen LogP contribution is 2.18. The molecule has 0 atom stereocenters. The van der Waals surface area contributed by atoms with Gasteiger partial charge in [0, 0.05) is 0 Å².